The zero-order valence-corrected chi connectivity index (χ0v) is 14.0. The number of benzene rings is 2. The summed E-state index contributed by atoms with van der Waals surface area (Å²) in [7, 11) is 3.13. The topological polar surface area (TPSA) is 51.1 Å². The van der Waals surface area contributed by atoms with Crippen molar-refractivity contribution in [1.82, 2.24) is 4.90 Å². The first-order valence-corrected chi connectivity index (χ1v) is 7.73. The van der Waals surface area contributed by atoms with Crippen LogP contribution < -0.4 is 0 Å². The number of carbonyl (C=O) groups is 1. The van der Waals surface area contributed by atoms with Gasteiger partial charge < -0.3 is 14.5 Å². The third-order valence-electron chi connectivity index (χ3n) is 3.53. The molecule has 5 heteroatoms. The maximum atomic E-state index is 12.8. The van der Waals surface area contributed by atoms with Crippen LogP contribution in [-0.4, -0.2) is 44.4 Å². The quantitative estimate of drug-likeness (QED) is 0.553. The normalized spacial score (nSPS) is 10.8. The molecule has 0 saturated heterocycles. The SMILES string of the molecule is COCCN(Cc1ccccc1)C(=O)c1ccc(C=NOC)cc1. The Labute approximate surface area is 142 Å². The van der Waals surface area contributed by atoms with E-state index in [4.69, 9.17) is 4.74 Å². The lowest BCUT2D eigenvalue weighted by molar-refractivity contribution is 0.0680. The molecule has 0 aliphatic carbocycles. The van der Waals surface area contributed by atoms with Gasteiger partial charge in [0.2, 0.25) is 0 Å². The van der Waals surface area contributed by atoms with Crippen molar-refractivity contribution in [1.29, 1.82) is 0 Å². The van der Waals surface area contributed by atoms with Gasteiger partial charge in [-0.15, -0.1) is 0 Å². The molecule has 2 aromatic rings. The Bertz CT molecular complexity index is 654. The summed E-state index contributed by atoms with van der Waals surface area (Å²) in [5.41, 5.74) is 2.60. The lowest BCUT2D eigenvalue weighted by atomic mass is 10.1. The molecule has 0 bridgehead atoms. The minimum Gasteiger partial charge on any atom is -0.399 e. The van der Waals surface area contributed by atoms with Gasteiger partial charge >= 0.3 is 0 Å². The molecule has 0 aliphatic rings. The molecule has 0 N–H and O–H groups in total. The van der Waals surface area contributed by atoms with E-state index in [0.717, 1.165) is 11.1 Å². The Morgan fingerprint density at radius 1 is 1.08 bits per heavy atom. The van der Waals surface area contributed by atoms with Gasteiger partial charge in [-0.2, -0.15) is 0 Å². The van der Waals surface area contributed by atoms with Crippen molar-refractivity contribution in [2.75, 3.05) is 27.4 Å². The number of hydrogen-bond acceptors (Lipinski definition) is 4. The van der Waals surface area contributed by atoms with Gasteiger partial charge in [0.05, 0.1) is 12.8 Å². The summed E-state index contributed by atoms with van der Waals surface area (Å²) < 4.78 is 5.13. The molecule has 0 fully saturated rings. The van der Waals surface area contributed by atoms with E-state index in [2.05, 4.69) is 9.99 Å². The molecular formula is C19H22N2O3. The molecule has 0 saturated carbocycles. The van der Waals surface area contributed by atoms with Crippen LogP contribution in [-0.2, 0) is 16.1 Å². The summed E-state index contributed by atoms with van der Waals surface area (Å²) in [6.07, 6.45) is 1.60. The Balaban J connectivity index is 2.12. The van der Waals surface area contributed by atoms with E-state index in [1.807, 2.05) is 42.5 Å². The molecule has 1 amide bonds. The lowest BCUT2D eigenvalue weighted by Gasteiger charge is -2.22. The number of amides is 1. The number of rotatable bonds is 8. The summed E-state index contributed by atoms with van der Waals surface area (Å²) in [5, 5.41) is 3.71. The molecule has 126 valence electrons. The average Bonchev–Trinajstić information content (AvgIpc) is 2.64. The van der Waals surface area contributed by atoms with Gasteiger partial charge in [0.25, 0.3) is 5.91 Å². The fourth-order valence-corrected chi connectivity index (χ4v) is 2.27. The highest BCUT2D eigenvalue weighted by Crippen LogP contribution is 2.11. The molecular weight excluding hydrogens is 304 g/mol. The van der Waals surface area contributed by atoms with Gasteiger partial charge in [-0.05, 0) is 23.3 Å². The summed E-state index contributed by atoms with van der Waals surface area (Å²) >= 11 is 0. The van der Waals surface area contributed by atoms with Gasteiger partial charge in [-0.1, -0.05) is 47.6 Å². The van der Waals surface area contributed by atoms with Crippen molar-refractivity contribution in [2.24, 2.45) is 5.16 Å². The highest BCUT2D eigenvalue weighted by Gasteiger charge is 2.15. The molecule has 24 heavy (non-hydrogen) atoms. The number of nitrogens with zero attached hydrogens (tertiary/aromatic N) is 2. The van der Waals surface area contributed by atoms with Gasteiger partial charge in [0.15, 0.2) is 0 Å². The maximum absolute atomic E-state index is 12.8. The summed E-state index contributed by atoms with van der Waals surface area (Å²) in [5.74, 6) is -0.0221. The monoisotopic (exact) mass is 326 g/mol. The fraction of sp³-hybridized carbons (Fsp3) is 0.263. The van der Waals surface area contributed by atoms with E-state index >= 15 is 0 Å². The van der Waals surface area contributed by atoms with E-state index in [1.54, 1.807) is 30.4 Å². The molecule has 2 rings (SSSR count). The van der Waals surface area contributed by atoms with Crippen LogP contribution in [0.15, 0.2) is 59.8 Å². The van der Waals surface area contributed by atoms with E-state index < -0.39 is 0 Å². The van der Waals surface area contributed by atoms with Crippen molar-refractivity contribution in [3.05, 3.63) is 71.3 Å². The molecule has 0 heterocycles. The van der Waals surface area contributed by atoms with Crippen molar-refractivity contribution >= 4 is 12.1 Å². The van der Waals surface area contributed by atoms with Gasteiger partial charge in [-0.25, -0.2) is 0 Å². The lowest BCUT2D eigenvalue weighted by Crippen LogP contribution is -2.33. The highest BCUT2D eigenvalue weighted by molar-refractivity contribution is 5.95. The van der Waals surface area contributed by atoms with Gasteiger partial charge in [0.1, 0.15) is 7.11 Å². The van der Waals surface area contributed by atoms with Crippen LogP contribution in [0.5, 0.6) is 0 Å². The van der Waals surface area contributed by atoms with E-state index in [1.165, 1.54) is 7.11 Å². The highest BCUT2D eigenvalue weighted by atomic mass is 16.6. The largest absolute Gasteiger partial charge is 0.399 e. The van der Waals surface area contributed by atoms with Crippen molar-refractivity contribution in [2.45, 2.75) is 6.54 Å². The van der Waals surface area contributed by atoms with Crippen molar-refractivity contribution < 1.29 is 14.4 Å². The number of oxime groups is 1. The second kappa shape index (κ2) is 9.47. The first kappa shape index (κ1) is 17.7. The number of methoxy groups -OCH3 is 1. The second-order valence-corrected chi connectivity index (χ2v) is 5.24. The van der Waals surface area contributed by atoms with Crippen LogP contribution >= 0.6 is 0 Å². The molecule has 0 aromatic heterocycles. The van der Waals surface area contributed by atoms with Crippen LogP contribution in [0, 0.1) is 0 Å². The Morgan fingerprint density at radius 2 is 1.79 bits per heavy atom. The molecule has 0 atom stereocenters. The molecule has 2 aromatic carbocycles. The third kappa shape index (κ3) is 5.21. The van der Waals surface area contributed by atoms with Gasteiger partial charge in [0, 0.05) is 25.8 Å². The fourth-order valence-electron chi connectivity index (χ4n) is 2.27. The first-order chi connectivity index (χ1) is 11.7. The van der Waals surface area contributed by atoms with Crippen LogP contribution in [0.25, 0.3) is 0 Å². The van der Waals surface area contributed by atoms with Crippen molar-refractivity contribution in [3.8, 4) is 0 Å². The zero-order chi connectivity index (χ0) is 17.2. The molecule has 5 nitrogen and oxygen atoms in total. The molecule has 0 aliphatic heterocycles. The third-order valence-corrected chi connectivity index (χ3v) is 3.53. The zero-order valence-electron chi connectivity index (χ0n) is 14.0. The smallest absolute Gasteiger partial charge is 0.254 e. The van der Waals surface area contributed by atoms with E-state index in [9.17, 15) is 4.79 Å². The summed E-state index contributed by atoms with van der Waals surface area (Å²) in [4.78, 5) is 19.2. The molecule has 0 unspecified atom stereocenters. The second-order valence-electron chi connectivity index (χ2n) is 5.24. The van der Waals surface area contributed by atoms with Gasteiger partial charge in [-0.3, -0.25) is 4.79 Å². The predicted molar refractivity (Wildman–Crippen MR) is 94.1 cm³/mol. The standard InChI is InChI=1S/C19H22N2O3/c1-23-13-12-21(15-17-6-4-3-5-7-17)19(22)18-10-8-16(9-11-18)14-20-24-2/h3-11,14H,12-13,15H2,1-2H3. The van der Waals surface area contributed by atoms with Crippen LogP contribution in [0.3, 0.4) is 0 Å². The van der Waals surface area contributed by atoms with E-state index in [0.29, 0.717) is 25.3 Å². The first-order valence-electron chi connectivity index (χ1n) is 7.73. The molecule has 0 radical (unpaired) electrons. The minimum absolute atomic E-state index is 0.0221. The van der Waals surface area contributed by atoms with Crippen molar-refractivity contribution in [3.63, 3.8) is 0 Å². The Hall–Kier alpha value is -2.66. The van der Waals surface area contributed by atoms with Crippen LogP contribution in [0.1, 0.15) is 21.5 Å². The summed E-state index contributed by atoms with van der Waals surface area (Å²) in [6, 6.07) is 17.2. The minimum atomic E-state index is -0.0221. The Morgan fingerprint density at radius 3 is 2.42 bits per heavy atom. The van der Waals surface area contributed by atoms with E-state index in [-0.39, 0.29) is 5.91 Å². The Kier molecular flexibility index (Phi) is 6.98. The number of carbonyl (C=O) groups excluding carboxylic acids is 1. The number of ether oxygens (including phenoxy) is 1. The predicted octanol–water partition coefficient (Wildman–Crippen LogP) is 2.96. The average molecular weight is 326 g/mol. The van der Waals surface area contributed by atoms with Crippen LogP contribution in [0.2, 0.25) is 0 Å². The maximum Gasteiger partial charge on any atom is 0.254 e. The molecule has 0 spiro atoms. The summed E-state index contributed by atoms with van der Waals surface area (Å²) in [6.45, 7) is 1.59. The number of hydrogen-bond donors (Lipinski definition) is 0. The van der Waals surface area contributed by atoms with Crippen LogP contribution in [0.4, 0.5) is 0 Å².